The van der Waals surface area contributed by atoms with E-state index in [-0.39, 0.29) is 23.9 Å². The van der Waals surface area contributed by atoms with E-state index in [0.717, 1.165) is 61.7 Å². The first kappa shape index (κ1) is 18.9. The van der Waals surface area contributed by atoms with Crippen molar-refractivity contribution >= 4 is 22.7 Å². The molecule has 2 atom stereocenters. The second-order valence-electron chi connectivity index (χ2n) is 8.09. The van der Waals surface area contributed by atoms with Crippen LogP contribution in [0.2, 0.25) is 0 Å². The highest BCUT2D eigenvalue weighted by Gasteiger charge is 2.30. The van der Waals surface area contributed by atoms with Crippen molar-refractivity contribution in [2.24, 2.45) is 0 Å². The summed E-state index contributed by atoms with van der Waals surface area (Å²) in [6, 6.07) is 1.96. The molecule has 28 heavy (non-hydrogen) atoms. The summed E-state index contributed by atoms with van der Waals surface area (Å²) in [6.45, 7) is 2.34. The van der Waals surface area contributed by atoms with Gasteiger partial charge in [-0.25, -0.2) is 0 Å². The Kier molecular flexibility index (Phi) is 5.62. The molecule has 4 rings (SSSR count). The number of nitrogens with one attached hydrogen (secondary N) is 2. The summed E-state index contributed by atoms with van der Waals surface area (Å²) in [5.74, 6) is 0.233. The Balaban J connectivity index is 1.35. The van der Waals surface area contributed by atoms with Crippen molar-refractivity contribution in [3.63, 3.8) is 0 Å². The predicted octanol–water partition coefficient (Wildman–Crippen LogP) is 1.70. The van der Waals surface area contributed by atoms with Gasteiger partial charge in [0.2, 0.25) is 11.8 Å². The largest absolute Gasteiger partial charge is 0.360 e. The molecular formula is C21H29N5O2. The van der Waals surface area contributed by atoms with E-state index < -0.39 is 0 Å². The number of carbonyl (C=O) groups excluding carboxylic acids is 2. The maximum Gasteiger partial charge on any atom is 0.237 e. The van der Waals surface area contributed by atoms with E-state index in [2.05, 4.69) is 20.2 Å². The minimum Gasteiger partial charge on any atom is -0.360 e. The zero-order valence-electron chi connectivity index (χ0n) is 16.5. The van der Waals surface area contributed by atoms with Crippen LogP contribution < -0.4 is 5.32 Å². The summed E-state index contributed by atoms with van der Waals surface area (Å²) in [4.78, 5) is 36.9. The highest BCUT2D eigenvalue weighted by atomic mass is 16.2. The maximum absolute atomic E-state index is 12.9. The molecule has 2 saturated heterocycles. The van der Waals surface area contributed by atoms with Crippen LogP contribution >= 0.6 is 0 Å². The predicted molar refractivity (Wildman–Crippen MR) is 108 cm³/mol. The van der Waals surface area contributed by atoms with Crippen LogP contribution in [0.4, 0.5) is 0 Å². The summed E-state index contributed by atoms with van der Waals surface area (Å²) < 4.78 is 0. The lowest BCUT2D eigenvalue weighted by Gasteiger charge is -2.36. The molecule has 2 N–H and O–H groups in total. The van der Waals surface area contributed by atoms with Gasteiger partial charge in [-0.3, -0.25) is 19.5 Å². The van der Waals surface area contributed by atoms with Gasteiger partial charge in [0.1, 0.15) is 0 Å². The Hall–Kier alpha value is -2.41. The molecule has 0 aliphatic carbocycles. The first-order valence-electron chi connectivity index (χ1n) is 10.3. The lowest BCUT2D eigenvalue weighted by Crippen LogP contribution is -2.55. The SMILES string of the molecule is CN1CCCCC1C(=O)N[C@H]1CCCN(C(=O)Cc2c[nH]c3cnccc23)C1. The molecule has 2 aromatic heterocycles. The number of hydrogen-bond acceptors (Lipinski definition) is 4. The smallest absolute Gasteiger partial charge is 0.237 e. The van der Waals surface area contributed by atoms with Gasteiger partial charge in [0.05, 0.1) is 24.2 Å². The molecule has 150 valence electrons. The van der Waals surface area contributed by atoms with Gasteiger partial charge in [-0.2, -0.15) is 0 Å². The number of aromatic amines is 1. The molecule has 0 spiro atoms. The summed E-state index contributed by atoms with van der Waals surface area (Å²) in [5.41, 5.74) is 1.95. The molecule has 7 heteroatoms. The van der Waals surface area contributed by atoms with Gasteiger partial charge in [-0.05, 0) is 50.9 Å². The van der Waals surface area contributed by atoms with E-state index >= 15 is 0 Å². The topological polar surface area (TPSA) is 81.3 Å². The Bertz CT molecular complexity index is 848. The van der Waals surface area contributed by atoms with Crippen LogP contribution in [0.1, 0.15) is 37.7 Å². The van der Waals surface area contributed by atoms with Crippen LogP contribution in [0.25, 0.3) is 10.9 Å². The van der Waals surface area contributed by atoms with E-state index in [4.69, 9.17) is 0 Å². The highest BCUT2D eigenvalue weighted by Crippen LogP contribution is 2.20. The van der Waals surface area contributed by atoms with Gasteiger partial charge >= 0.3 is 0 Å². The number of rotatable bonds is 4. The van der Waals surface area contributed by atoms with Crippen molar-refractivity contribution in [1.29, 1.82) is 0 Å². The van der Waals surface area contributed by atoms with Gasteiger partial charge in [0.25, 0.3) is 0 Å². The fourth-order valence-corrected chi connectivity index (χ4v) is 4.48. The number of aromatic nitrogens is 2. The molecule has 4 heterocycles. The monoisotopic (exact) mass is 383 g/mol. The molecule has 1 unspecified atom stereocenters. The van der Waals surface area contributed by atoms with Gasteiger partial charge < -0.3 is 15.2 Å². The number of likely N-dealkylation sites (N-methyl/N-ethyl adjacent to an activating group) is 1. The lowest BCUT2D eigenvalue weighted by molar-refractivity contribution is -0.134. The fraction of sp³-hybridized carbons (Fsp3) is 0.571. The molecular weight excluding hydrogens is 354 g/mol. The zero-order valence-corrected chi connectivity index (χ0v) is 16.5. The third-order valence-electron chi connectivity index (χ3n) is 6.10. The Labute approximate surface area is 165 Å². The minimum absolute atomic E-state index is 0.0281. The number of nitrogens with zero attached hydrogens (tertiary/aromatic N) is 3. The molecule has 2 aromatic rings. The highest BCUT2D eigenvalue weighted by molar-refractivity contribution is 5.88. The van der Waals surface area contributed by atoms with Crippen LogP contribution in [0.5, 0.6) is 0 Å². The molecule has 0 radical (unpaired) electrons. The van der Waals surface area contributed by atoms with Gasteiger partial charge in [-0.15, -0.1) is 0 Å². The average Bonchev–Trinajstić information content (AvgIpc) is 3.11. The molecule has 2 amide bonds. The number of amides is 2. The molecule has 7 nitrogen and oxygen atoms in total. The van der Waals surface area contributed by atoms with E-state index in [1.54, 1.807) is 12.4 Å². The van der Waals surface area contributed by atoms with E-state index in [9.17, 15) is 9.59 Å². The van der Waals surface area contributed by atoms with Gasteiger partial charge in [-0.1, -0.05) is 6.42 Å². The first-order chi connectivity index (χ1) is 13.6. The zero-order chi connectivity index (χ0) is 19.5. The number of hydrogen-bond donors (Lipinski definition) is 2. The molecule has 2 fully saturated rings. The summed E-state index contributed by atoms with van der Waals surface area (Å²) in [6.07, 6.45) is 10.8. The average molecular weight is 383 g/mol. The summed E-state index contributed by atoms with van der Waals surface area (Å²) in [7, 11) is 2.02. The van der Waals surface area contributed by atoms with Crippen LogP contribution in [-0.2, 0) is 16.0 Å². The summed E-state index contributed by atoms with van der Waals surface area (Å²) >= 11 is 0. The second-order valence-corrected chi connectivity index (χ2v) is 8.09. The number of pyridine rings is 1. The number of carbonyl (C=O) groups is 2. The maximum atomic E-state index is 12.9. The molecule has 0 aromatic carbocycles. The molecule has 2 aliphatic heterocycles. The van der Waals surface area contributed by atoms with E-state index in [0.29, 0.717) is 13.0 Å². The van der Waals surface area contributed by atoms with Gasteiger partial charge in [0.15, 0.2) is 0 Å². The second kappa shape index (κ2) is 8.31. The normalized spacial score (nSPS) is 23.7. The minimum atomic E-state index is -0.0281. The quantitative estimate of drug-likeness (QED) is 0.842. The number of fused-ring (bicyclic) bond motifs is 1. The van der Waals surface area contributed by atoms with Crippen molar-refractivity contribution in [3.05, 3.63) is 30.2 Å². The van der Waals surface area contributed by atoms with E-state index in [1.807, 2.05) is 24.2 Å². The van der Waals surface area contributed by atoms with Gasteiger partial charge in [0, 0.05) is 36.9 Å². The van der Waals surface area contributed by atoms with Crippen molar-refractivity contribution in [1.82, 2.24) is 25.1 Å². The Morgan fingerprint density at radius 1 is 1.25 bits per heavy atom. The van der Waals surface area contributed by atoms with Crippen molar-refractivity contribution in [2.45, 2.75) is 50.6 Å². The number of H-pyrrole nitrogens is 1. The number of likely N-dealkylation sites (tertiary alicyclic amines) is 2. The van der Waals surface area contributed by atoms with Crippen molar-refractivity contribution in [2.75, 3.05) is 26.7 Å². The number of piperidine rings is 2. The molecule has 2 aliphatic rings. The fourth-order valence-electron chi connectivity index (χ4n) is 4.48. The Morgan fingerprint density at radius 2 is 2.14 bits per heavy atom. The van der Waals surface area contributed by atoms with Crippen LogP contribution in [0.3, 0.4) is 0 Å². The van der Waals surface area contributed by atoms with E-state index in [1.165, 1.54) is 0 Å². The third-order valence-corrected chi connectivity index (χ3v) is 6.10. The van der Waals surface area contributed by atoms with Crippen molar-refractivity contribution < 1.29 is 9.59 Å². The Morgan fingerprint density at radius 3 is 3.00 bits per heavy atom. The molecule has 0 saturated carbocycles. The lowest BCUT2D eigenvalue weighted by atomic mass is 10.00. The molecule has 0 bridgehead atoms. The van der Waals surface area contributed by atoms with Crippen LogP contribution in [0, 0.1) is 0 Å². The van der Waals surface area contributed by atoms with Crippen LogP contribution in [0.15, 0.2) is 24.7 Å². The third kappa shape index (κ3) is 4.04. The summed E-state index contributed by atoms with van der Waals surface area (Å²) in [5, 5.41) is 4.25. The standard InChI is InChI=1S/C21H29N5O2/c1-25-9-3-2-6-19(25)21(28)24-16-5-4-10-26(14-16)20(27)11-15-12-23-18-13-22-8-7-17(15)18/h7-8,12-13,16,19,23H,2-6,9-11,14H2,1H3,(H,24,28)/t16-,19?/m0/s1. The van der Waals surface area contributed by atoms with Crippen LogP contribution in [-0.4, -0.2) is 70.3 Å². The first-order valence-corrected chi connectivity index (χ1v) is 10.3. The van der Waals surface area contributed by atoms with Crippen molar-refractivity contribution in [3.8, 4) is 0 Å².